The molecular formula is C14H11ClF2N4S. The average molecular weight is 341 g/mol. The van der Waals surface area contributed by atoms with Crippen LogP contribution in [0.25, 0.3) is 16.9 Å². The molecule has 0 bridgehead atoms. The van der Waals surface area contributed by atoms with Crippen molar-refractivity contribution in [2.45, 2.75) is 18.5 Å². The molecule has 0 atom stereocenters. The van der Waals surface area contributed by atoms with Gasteiger partial charge in [-0.25, -0.2) is 23.7 Å². The van der Waals surface area contributed by atoms with Gasteiger partial charge >= 0.3 is 0 Å². The molecular weight excluding hydrogens is 330 g/mol. The fraction of sp³-hybridized carbons (Fsp3) is 0.214. The highest BCUT2D eigenvalue weighted by molar-refractivity contribution is 7.98. The Morgan fingerprint density at radius 2 is 2.00 bits per heavy atom. The van der Waals surface area contributed by atoms with Crippen molar-refractivity contribution < 1.29 is 8.78 Å². The highest BCUT2D eigenvalue weighted by Gasteiger charge is 2.22. The molecule has 0 spiro atoms. The molecule has 114 valence electrons. The number of aromatic nitrogens is 4. The molecule has 0 amide bonds. The van der Waals surface area contributed by atoms with Gasteiger partial charge in [-0.05, 0) is 24.8 Å². The van der Waals surface area contributed by atoms with Crippen LogP contribution in [0.15, 0.2) is 29.4 Å². The van der Waals surface area contributed by atoms with Gasteiger partial charge in [-0.3, -0.25) is 4.57 Å². The minimum Gasteiger partial charge on any atom is -0.275 e. The standard InChI is InChI=1S/C14H11ClF2N4S/c1-7-4-3-5-8-11(7)20-13(12(16)17)21(8)10-6-9(15)18-14(19-10)22-2/h3-6,12H,1-2H3. The highest BCUT2D eigenvalue weighted by Crippen LogP contribution is 2.29. The highest BCUT2D eigenvalue weighted by atomic mass is 35.5. The molecule has 2 aromatic heterocycles. The van der Waals surface area contributed by atoms with E-state index in [-0.39, 0.29) is 16.8 Å². The maximum absolute atomic E-state index is 13.4. The van der Waals surface area contributed by atoms with Crippen LogP contribution in [0.3, 0.4) is 0 Å². The molecule has 8 heteroatoms. The third-order valence-corrected chi connectivity index (χ3v) is 3.92. The van der Waals surface area contributed by atoms with Gasteiger partial charge in [0.2, 0.25) is 0 Å². The topological polar surface area (TPSA) is 43.6 Å². The summed E-state index contributed by atoms with van der Waals surface area (Å²) in [5.74, 6) is -0.0705. The zero-order chi connectivity index (χ0) is 15.9. The summed E-state index contributed by atoms with van der Waals surface area (Å²) >= 11 is 7.26. The number of aryl methyl sites for hydroxylation is 1. The van der Waals surface area contributed by atoms with Crippen LogP contribution in [0.4, 0.5) is 8.78 Å². The van der Waals surface area contributed by atoms with Crippen LogP contribution in [0, 0.1) is 6.92 Å². The predicted octanol–water partition coefficient (Wildman–Crippen LogP) is 4.44. The largest absolute Gasteiger partial charge is 0.296 e. The number of imidazole rings is 1. The van der Waals surface area contributed by atoms with Gasteiger partial charge < -0.3 is 0 Å². The van der Waals surface area contributed by atoms with Crippen molar-refractivity contribution in [2.75, 3.05) is 6.26 Å². The zero-order valence-electron chi connectivity index (χ0n) is 11.7. The van der Waals surface area contributed by atoms with Crippen molar-refractivity contribution in [1.29, 1.82) is 0 Å². The van der Waals surface area contributed by atoms with Gasteiger partial charge in [0, 0.05) is 6.07 Å². The van der Waals surface area contributed by atoms with E-state index in [0.29, 0.717) is 16.2 Å². The number of rotatable bonds is 3. The number of alkyl halides is 2. The first-order valence-corrected chi connectivity index (χ1v) is 7.96. The monoisotopic (exact) mass is 340 g/mol. The fourth-order valence-electron chi connectivity index (χ4n) is 2.24. The van der Waals surface area contributed by atoms with E-state index in [1.54, 1.807) is 18.4 Å². The lowest BCUT2D eigenvalue weighted by Crippen LogP contribution is -2.05. The van der Waals surface area contributed by atoms with Gasteiger partial charge in [0.25, 0.3) is 6.43 Å². The van der Waals surface area contributed by atoms with Crippen LogP contribution >= 0.6 is 23.4 Å². The van der Waals surface area contributed by atoms with Gasteiger partial charge in [-0.1, -0.05) is 35.5 Å². The molecule has 1 aromatic carbocycles. The second kappa shape index (κ2) is 5.81. The van der Waals surface area contributed by atoms with Crippen molar-refractivity contribution in [1.82, 2.24) is 19.5 Å². The van der Waals surface area contributed by atoms with E-state index in [1.807, 2.05) is 13.0 Å². The van der Waals surface area contributed by atoms with Crippen LogP contribution in [0.5, 0.6) is 0 Å². The van der Waals surface area contributed by atoms with Crippen molar-refractivity contribution in [3.8, 4) is 5.82 Å². The summed E-state index contributed by atoms with van der Waals surface area (Å²) in [6.07, 6.45) is -0.933. The van der Waals surface area contributed by atoms with Crippen molar-refractivity contribution in [2.24, 2.45) is 0 Å². The first kappa shape index (κ1) is 15.2. The van der Waals surface area contributed by atoms with Gasteiger partial charge in [0.05, 0.1) is 11.0 Å². The lowest BCUT2D eigenvalue weighted by Gasteiger charge is -2.09. The van der Waals surface area contributed by atoms with Gasteiger partial charge in [0.1, 0.15) is 11.0 Å². The molecule has 0 fully saturated rings. The number of fused-ring (bicyclic) bond motifs is 1. The molecule has 0 unspecified atom stereocenters. The van der Waals surface area contributed by atoms with Gasteiger partial charge in [-0.2, -0.15) is 0 Å². The van der Waals surface area contributed by atoms with Crippen molar-refractivity contribution in [3.63, 3.8) is 0 Å². The molecule has 0 saturated carbocycles. The van der Waals surface area contributed by atoms with Crippen LogP contribution in [0.1, 0.15) is 17.8 Å². The molecule has 4 nitrogen and oxygen atoms in total. The molecule has 22 heavy (non-hydrogen) atoms. The van der Waals surface area contributed by atoms with E-state index in [1.165, 1.54) is 22.4 Å². The summed E-state index contributed by atoms with van der Waals surface area (Å²) in [7, 11) is 0. The van der Waals surface area contributed by atoms with Gasteiger partial charge in [-0.15, -0.1) is 0 Å². The van der Waals surface area contributed by atoms with Crippen LogP contribution in [-0.4, -0.2) is 25.8 Å². The molecule has 0 aliphatic rings. The summed E-state index contributed by atoms with van der Waals surface area (Å²) < 4.78 is 28.1. The lowest BCUT2D eigenvalue weighted by molar-refractivity contribution is 0.139. The first-order valence-electron chi connectivity index (χ1n) is 6.36. The molecule has 0 aliphatic heterocycles. The molecule has 2 heterocycles. The lowest BCUT2D eigenvalue weighted by atomic mass is 10.2. The molecule has 0 saturated heterocycles. The Kier molecular flexibility index (Phi) is 4.01. The number of nitrogens with zero attached hydrogens (tertiary/aromatic N) is 4. The van der Waals surface area contributed by atoms with E-state index < -0.39 is 6.43 Å². The van der Waals surface area contributed by atoms with Crippen LogP contribution < -0.4 is 0 Å². The molecule has 3 rings (SSSR count). The minimum absolute atomic E-state index is 0.198. The maximum atomic E-state index is 13.4. The Balaban J connectivity index is 2.36. The Bertz CT molecular complexity index is 850. The number of benzene rings is 1. The number of hydrogen-bond acceptors (Lipinski definition) is 4. The smallest absolute Gasteiger partial charge is 0.275 e. The Hall–Kier alpha value is -1.73. The Morgan fingerprint density at radius 3 is 2.68 bits per heavy atom. The van der Waals surface area contributed by atoms with E-state index in [9.17, 15) is 8.78 Å². The van der Waals surface area contributed by atoms with Gasteiger partial charge in [0.15, 0.2) is 11.0 Å². The molecule has 0 aliphatic carbocycles. The van der Waals surface area contributed by atoms with E-state index in [0.717, 1.165) is 5.56 Å². The molecule has 0 N–H and O–H groups in total. The second-order valence-electron chi connectivity index (χ2n) is 4.58. The van der Waals surface area contributed by atoms with Crippen LogP contribution in [0.2, 0.25) is 5.15 Å². The summed E-state index contributed by atoms with van der Waals surface area (Å²) in [5.41, 5.74) is 1.92. The Labute approximate surface area is 134 Å². The van der Waals surface area contributed by atoms with E-state index in [2.05, 4.69) is 15.0 Å². The predicted molar refractivity (Wildman–Crippen MR) is 83.1 cm³/mol. The zero-order valence-corrected chi connectivity index (χ0v) is 13.3. The number of halogens is 3. The molecule has 3 aromatic rings. The van der Waals surface area contributed by atoms with Crippen LogP contribution in [-0.2, 0) is 0 Å². The first-order chi connectivity index (χ1) is 10.5. The van der Waals surface area contributed by atoms with Crippen molar-refractivity contribution in [3.05, 3.63) is 40.8 Å². The molecule has 0 radical (unpaired) electrons. The number of hydrogen-bond donors (Lipinski definition) is 0. The minimum atomic E-state index is -2.72. The third-order valence-electron chi connectivity index (χ3n) is 3.18. The number of para-hydroxylation sites is 1. The average Bonchev–Trinajstić information content (AvgIpc) is 2.87. The summed E-state index contributed by atoms with van der Waals surface area (Å²) in [6.45, 7) is 1.83. The normalized spacial score (nSPS) is 11.5. The Morgan fingerprint density at radius 1 is 1.23 bits per heavy atom. The quantitative estimate of drug-likeness (QED) is 0.402. The fourth-order valence-corrected chi connectivity index (χ4v) is 2.84. The summed E-state index contributed by atoms with van der Waals surface area (Å²) in [4.78, 5) is 12.4. The second-order valence-corrected chi connectivity index (χ2v) is 5.74. The summed E-state index contributed by atoms with van der Waals surface area (Å²) in [6, 6.07) is 6.81. The number of thioether (sulfide) groups is 1. The van der Waals surface area contributed by atoms with Crippen molar-refractivity contribution >= 4 is 34.4 Å². The summed E-state index contributed by atoms with van der Waals surface area (Å²) in [5, 5.41) is 0.612. The van der Waals surface area contributed by atoms with E-state index >= 15 is 0 Å². The SMILES string of the molecule is CSc1nc(Cl)cc(-n2c(C(F)F)nc3c(C)cccc32)n1. The maximum Gasteiger partial charge on any atom is 0.296 e. The third kappa shape index (κ3) is 2.55. The van der Waals surface area contributed by atoms with E-state index in [4.69, 9.17) is 11.6 Å².